The van der Waals surface area contributed by atoms with E-state index in [1.54, 1.807) is 12.1 Å². The number of pyridine rings is 1. The summed E-state index contributed by atoms with van der Waals surface area (Å²) in [5.74, 6) is -0.00828. The van der Waals surface area contributed by atoms with Crippen molar-refractivity contribution < 1.29 is 4.79 Å². The summed E-state index contributed by atoms with van der Waals surface area (Å²) in [6.45, 7) is 6.43. The van der Waals surface area contributed by atoms with Crippen LogP contribution in [-0.2, 0) is 6.54 Å². The fourth-order valence-electron chi connectivity index (χ4n) is 3.01. The molecule has 4 heteroatoms. The van der Waals surface area contributed by atoms with Crippen LogP contribution in [0.5, 0.6) is 0 Å². The van der Waals surface area contributed by atoms with E-state index in [1.807, 2.05) is 68.1 Å². The number of nitriles is 1. The van der Waals surface area contributed by atoms with Crippen molar-refractivity contribution in [1.29, 1.82) is 5.26 Å². The zero-order chi connectivity index (χ0) is 18.7. The zero-order valence-corrected chi connectivity index (χ0v) is 15.2. The maximum absolute atomic E-state index is 13.3. The Labute approximate surface area is 153 Å². The molecule has 3 aromatic rings. The highest BCUT2D eigenvalue weighted by Gasteiger charge is 2.21. The lowest BCUT2D eigenvalue weighted by Crippen LogP contribution is -2.36. The Kier molecular flexibility index (Phi) is 4.99. The standard InChI is InChI=1S/C22H21N3O/c1-15(2)25(14-18-10-8-17(13-23)9-11-18)22(26)20-12-16(3)24-21-7-5-4-6-19(20)21/h4-12,15H,14H2,1-3H3. The lowest BCUT2D eigenvalue weighted by molar-refractivity contribution is 0.0692. The van der Waals surface area contributed by atoms with Gasteiger partial charge in [-0.2, -0.15) is 5.26 Å². The van der Waals surface area contributed by atoms with Crippen molar-refractivity contribution in [2.75, 3.05) is 0 Å². The highest BCUT2D eigenvalue weighted by molar-refractivity contribution is 6.06. The minimum Gasteiger partial charge on any atom is -0.332 e. The first-order valence-corrected chi connectivity index (χ1v) is 8.66. The first-order chi connectivity index (χ1) is 12.5. The number of amides is 1. The van der Waals surface area contributed by atoms with E-state index < -0.39 is 0 Å². The average Bonchev–Trinajstić information content (AvgIpc) is 2.65. The molecule has 0 saturated heterocycles. The van der Waals surface area contributed by atoms with E-state index in [2.05, 4.69) is 11.1 Å². The van der Waals surface area contributed by atoms with Crippen LogP contribution in [0.2, 0.25) is 0 Å². The summed E-state index contributed by atoms with van der Waals surface area (Å²) in [6.07, 6.45) is 0. The number of carbonyl (C=O) groups is 1. The fraction of sp³-hybridized carbons (Fsp3) is 0.227. The average molecular weight is 343 g/mol. The molecule has 2 aromatic carbocycles. The SMILES string of the molecule is Cc1cc(C(=O)N(Cc2ccc(C#N)cc2)C(C)C)c2ccccc2n1. The Morgan fingerprint density at radius 2 is 1.85 bits per heavy atom. The van der Waals surface area contributed by atoms with Crippen molar-refractivity contribution in [3.63, 3.8) is 0 Å². The summed E-state index contributed by atoms with van der Waals surface area (Å²) in [6, 6.07) is 19.1. The molecule has 1 amide bonds. The largest absolute Gasteiger partial charge is 0.332 e. The van der Waals surface area contributed by atoms with Crippen molar-refractivity contribution in [1.82, 2.24) is 9.88 Å². The van der Waals surface area contributed by atoms with Crippen LogP contribution in [0.1, 0.15) is 41.0 Å². The smallest absolute Gasteiger partial charge is 0.255 e. The second kappa shape index (κ2) is 7.37. The van der Waals surface area contributed by atoms with Crippen LogP contribution >= 0.6 is 0 Å². The molecule has 0 bridgehead atoms. The minimum atomic E-state index is -0.00828. The summed E-state index contributed by atoms with van der Waals surface area (Å²) < 4.78 is 0. The monoisotopic (exact) mass is 343 g/mol. The van der Waals surface area contributed by atoms with Crippen molar-refractivity contribution in [2.24, 2.45) is 0 Å². The summed E-state index contributed by atoms with van der Waals surface area (Å²) in [5, 5.41) is 9.81. The van der Waals surface area contributed by atoms with Crippen molar-refractivity contribution in [3.8, 4) is 6.07 Å². The second-order valence-corrected chi connectivity index (χ2v) is 6.66. The molecule has 0 N–H and O–H groups in total. The van der Waals surface area contributed by atoms with Gasteiger partial charge in [0.05, 0.1) is 22.7 Å². The molecule has 1 heterocycles. The third-order valence-corrected chi connectivity index (χ3v) is 4.39. The Balaban J connectivity index is 1.98. The molecule has 4 nitrogen and oxygen atoms in total. The molecule has 3 rings (SSSR count). The predicted molar refractivity (Wildman–Crippen MR) is 103 cm³/mol. The number of hydrogen-bond acceptors (Lipinski definition) is 3. The summed E-state index contributed by atoms with van der Waals surface area (Å²) in [5.41, 5.74) is 3.95. The van der Waals surface area contributed by atoms with Gasteiger partial charge in [0.15, 0.2) is 0 Å². The van der Waals surface area contributed by atoms with Gasteiger partial charge in [0, 0.05) is 23.7 Å². The number of carbonyl (C=O) groups excluding carboxylic acids is 1. The Morgan fingerprint density at radius 3 is 2.50 bits per heavy atom. The van der Waals surface area contributed by atoms with E-state index >= 15 is 0 Å². The third-order valence-electron chi connectivity index (χ3n) is 4.39. The molecule has 0 aliphatic rings. The van der Waals surface area contributed by atoms with Crippen LogP contribution in [-0.4, -0.2) is 21.8 Å². The molecule has 0 radical (unpaired) electrons. The molecular weight excluding hydrogens is 322 g/mol. The van der Waals surface area contributed by atoms with E-state index in [4.69, 9.17) is 5.26 Å². The lowest BCUT2D eigenvalue weighted by atomic mass is 10.0. The van der Waals surface area contributed by atoms with Gasteiger partial charge in [-0.05, 0) is 50.6 Å². The molecule has 1 aromatic heterocycles. The normalized spacial score (nSPS) is 10.7. The van der Waals surface area contributed by atoms with Crippen LogP contribution in [0.3, 0.4) is 0 Å². The van der Waals surface area contributed by atoms with E-state index in [0.29, 0.717) is 17.7 Å². The van der Waals surface area contributed by atoms with Gasteiger partial charge in [-0.1, -0.05) is 30.3 Å². The first-order valence-electron chi connectivity index (χ1n) is 8.66. The van der Waals surface area contributed by atoms with Gasteiger partial charge in [0.25, 0.3) is 5.91 Å². The maximum Gasteiger partial charge on any atom is 0.255 e. The van der Waals surface area contributed by atoms with Crippen LogP contribution in [0.15, 0.2) is 54.6 Å². The molecule has 0 aliphatic heterocycles. The quantitative estimate of drug-likeness (QED) is 0.702. The third kappa shape index (κ3) is 3.57. The predicted octanol–water partition coefficient (Wildman–Crippen LogP) is 4.47. The summed E-state index contributed by atoms with van der Waals surface area (Å²) in [7, 11) is 0. The summed E-state index contributed by atoms with van der Waals surface area (Å²) in [4.78, 5) is 19.7. The van der Waals surface area contributed by atoms with Crippen LogP contribution < -0.4 is 0 Å². The van der Waals surface area contributed by atoms with Crippen LogP contribution in [0, 0.1) is 18.3 Å². The first kappa shape index (κ1) is 17.6. The number of hydrogen-bond donors (Lipinski definition) is 0. The topological polar surface area (TPSA) is 57.0 Å². The van der Waals surface area contributed by atoms with Crippen molar-refractivity contribution in [2.45, 2.75) is 33.4 Å². The highest BCUT2D eigenvalue weighted by Crippen LogP contribution is 2.22. The summed E-state index contributed by atoms with van der Waals surface area (Å²) >= 11 is 0. The Hall–Kier alpha value is -3.19. The molecule has 0 unspecified atom stereocenters. The Bertz CT molecular complexity index is 984. The number of benzene rings is 2. The molecular formula is C22H21N3O. The molecule has 130 valence electrons. The van der Waals surface area contributed by atoms with E-state index in [-0.39, 0.29) is 11.9 Å². The fourth-order valence-corrected chi connectivity index (χ4v) is 3.01. The van der Waals surface area contributed by atoms with Gasteiger partial charge in [-0.15, -0.1) is 0 Å². The van der Waals surface area contributed by atoms with Crippen molar-refractivity contribution in [3.05, 3.63) is 77.0 Å². The molecule has 26 heavy (non-hydrogen) atoms. The van der Waals surface area contributed by atoms with Gasteiger partial charge in [-0.3, -0.25) is 9.78 Å². The van der Waals surface area contributed by atoms with Crippen molar-refractivity contribution >= 4 is 16.8 Å². The van der Waals surface area contributed by atoms with Gasteiger partial charge < -0.3 is 4.90 Å². The van der Waals surface area contributed by atoms with Gasteiger partial charge in [-0.25, -0.2) is 0 Å². The minimum absolute atomic E-state index is 0.00828. The van der Waals surface area contributed by atoms with Gasteiger partial charge in [0.2, 0.25) is 0 Å². The highest BCUT2D eigenvalue weighted by atomic mass is 16.2. The number of aryl methyl sites for hydroxylation is 1. The molecule has 0 aliphatic carbocycles. The Morgan fingerprint density at radius 1 is 1.15 bits per heavy atom. The number of rotatable bonds is 4. The zero-order valence-electron chi connectivity index (χ0n) is 15.2. The van der Waals surface area contributed by atoms with Crippen LogP contribution in [0.4, 0.5) is 0 Å². The second-order valence-electron chi connectivity index (χ2n) is 6.66. The number of fused-ring (bicyclic) bond motifs is 1. The van der Waals surface area contributed by atoms with Gasteiger partial charge in [0.1, 0.15) is 0 Å². The molecule has 0 spiro atoms. The number of nitrogens with zero attached hydrogens (tertiary/aromatic N) is 3. The molecule has 0 saturated carbocycles. The van der Waals surface area contributed by atoms with E-state index in [1.165, 1.54) is 0 Å². The molecule has 0 atom stereocenters. The van der Waals surface area contributed by atoms with Gasteiger partial charge >= 0.3 is 0 Å². The lowest BCUT2D eigenvalue weighted by Gasteiger charge is -2.27. The van der Waals surface area contributed by atoms with E-state index in [9.17, 15) is 4.79 Å². The number of aromatic nitrogens is 1. The molecule has 0 fully saturated rings. The maximum atomic E-state index is 13.3. The van der Waals surface area contributed by atoms with Crippen LogP contribution in [0.25, 0.3) is 10.9 Å². The number of para-hydroxylation sites is 1. The van der Waals surface area contributed by atoms with E-state index in [0.717, 1.165) is 22.2 Å².